The number of fused-ring (bicyclic) bond motifs is 4. The van der Waals surface area contributed by atoms with E-state index < -0.39 is 0 Å². The van der Waals surface area contributed by atoms with Gasteiger partial charge < -0.3 is 11.5 Å². The highest BCUT2D eigenvalue weighted by Crippen LogP contribution is 2.39. The molecule has 0 amide bonds. The molecule has 0 radical (unpaired) electrons. The van der Waals surface area contributed by atoms with E-state index in [-0.39, 0.29) is 5.54 Å². The summed E-state index contributed by atoms with van der Waals surface area (Å²) in [6.07, 6.45) is 3.94. The van der Waals surface area contributed by atoms with Crippen LogP contribution >= 0.6 is 0 Å². The molecule has 5 nitrogen and oxygen atoms in total. The summed E-state index contributed by atoms with van der Waals surface area (Å²) in [6, 6.07) is 8.02. The van der Waals surface area contributed by atoms with Crippen molar-refractivity contribution in [1.82, 2.24) is 14.8 Å². The summed E-state index contributed by atoms with van der Waals surface area (Å²) < 4.78 is 1.94. The molecule has 4 rings (SSSR count). The second kappa shape index (κ2) is 4.80. The number of nitrogens with zero attached hydrogens (tertiary/aromatic N) is 3. The molecule has 1 aromatic carbocycles. The summed E-state index contributed by atoms with van der Waals surface area (Å²) in [5, 5.41) is 5.76. The van der Waals surface area contributed by atoms with Crippen LogP contribution in [0.25, 0.3) is 22.2 Å². The zero-order chi connectivity index (χ0) is 16.2. The molecule has 0 aliphatic heterocycles. The van der Waals surface area contributed by atoms with Crippen LogP contribution < -0.4 is 11.5 Å². The lowest BCUT2D eigenvalue weighted by molar-refractivity contribution is 0.409. The topological polar surface area (TPSA) is 82.8 Å². The Morgan fingerprint density at radius 2 is 2.00 bits per heavy atom. The Labute approximate surface area is 135 Å². The van der Waals surface area contributed by atoms with Gasteiger partial charge in [0.25, 0.3) is 0 Å². The molecule has 0 fully saturated rings. The maximum absolute atomic E-state index is 6.48. The highest BCUT2D eigenvalue weighted by atomic mass is 15.3. The smallest absolute Gasteiger partial charge is 0.0994 e. The van der Waals surface area contributed by atoms with Crippen molar-refractivity contribution < 1.29 is 0 Å². The number of aromatic nitrogens is 3. The molecule has 2 heterocycles. The fraction of sp³-hybridized carbons (Fsp3) is 0.333. The van der Waals surface area contributed by atoms with Crippen LogP contribution in [0.1, 0.15) is 25.1 Å². The van der Waals surface area contributed by atoms with Gasteiger partial charge in [0.05, 0.1) is 29.1 Å². The predicted octanol–water partition coefficient (Wildman–Crippen LogP) is 2.52. The summed E-state index contributed by atoms with van der Waals surface area (Å²) >= 11 is 0. The van der Waals surface area contributed by atoms with E-state index in [2.05, 4.69) is 6.20 Å². The second-order valence-electron chi connectivity index (χ2n) is 7.05. The van der Waals surface area contributed by atoms with Crippen LogP contribution in [0.3, 0.4) is 0 Å². The van der Waals surface area contributed by atoms with E-state index in [4.69, 9.17) is 21.5 Å². The fourth-order valence-electron chi connectivity index (χ4n) is 3.34. The highest BCUT2D eigenvalue weighted by molar-refractivity contribution is 5.99. The summed E-state index contributed by atoms with van der Waals surface area (Å²) in [5.41, 5.74) is 18.3. The van der Waals surface area contributed by atoms with E-state index in [9.17, 15) is 0 Å². The summed E-state index contributed by atoms with van der Waals surface area (Å²) in [7, 11) is 0. The van der Waals surface area contributed by atoms with Gasteiger partial charge in [-0.2, -0.15) is 5.10 Å². The molecule has 3 aromatic rings. The van der Waals surface area contributed by atoms with E-state index in [0.717, 1.165) is 46.4 Å². The largest absolute Gasteiger partial charge is 0.398 e. The third-order valence-electron chi connectivity index (χ3n) is 4.28. The molecule has 0 spiro atoms. The lowest BCUT2D eigenvalue weighted by Gasteiger charge is -2.18. The first-order valence-electron chi connectivity index (χ1n) is 7.95. The van der Waals surface area contributed by atoms with Crippen molar-refractivity contribution in [3.63, 3.8) is 0 Å². The van der Waals surface area contributed by atoms with Crippen molar-refractivity contribution in [2.75, 3.05) is 5.73 Å². The molecule has 23 heavy (non-hydrogen) atoms. The first-order chi connectivity index (χ1) is 10.9. The lowest BCUT2D eigenvalue weighted by Crippen LogP contribution is -2.37. The first kappa shape index (κ1) is 14.2. The van der Waals surface area contributed by atoms with Crippen LogP contribution in [-0.4, -0.2) is 20.3 Å². The quantitative estimate of drug-likeness (QED) is 0.762. The van der Waals surface area contributed by atoms with E-state index in [0.29, 0.717) is 6.54 Å². The number of nitrogen functional groups attached to an aromatic ring is 1. The average molecular weight is 307 g/mol. The SMILES string of the molecule is CC(C)(N)Cn1cc2c(n1)-c1c(nc3ccccc3c1N)CC2. The van der Waals surface area contributed by atoms with Crippen LogP contribution in [0.2, 0.25) is 0 Å². The highest BCUT2D eigenvalue weighted by Gasteiger charge is 2.25. The molecule has 0 bridgehead atoms. The standard InChI is InChI=1S/C18H21N5/c1-18(2,20)10-23-9-11-7-8-14-15(17(11)22-23)16(19)12-5-3-4-6-13(12)21-14/h3-6,9H,7-8,10,20H2,1-2H3,(H2,19,21). The van der Waals surface area contributed by atoms with Crippen LogP contribution in [0.4, 0.5) is 5.69 Å². The van der Waals surface area contributed by atoms with Gasteiger partial charge in [-0.05, 0) is 38.3 Å². The molecule has 0 saturated heterocycles. The number of hydrogen-bond acceptors (Lipinski definition) is 4. The van der Waals surface area contributed by atoms with E-state index in [1.165, 1.54) is 5.56 Å². The number of pyridine rings is 1. The number of aryl methyl sites for hydroxylation is 2. The number of rotatable bonds is 2. The van der Waals surface area contributed by atoms with Gasteiger partial charge in [-0.15, -0.1) is 0 Å². The van der Waals surface area contributed by atoms with Gasteiger partial charge in [0, 0.05) is 22.7 Å². The van der Waals surface area contributed by atoms with E-state index in [1.54, 1.807) is 0 Å². The van der Waals surface area contributed by atoms with Crippen LogP contribution in [-0.2, 0) is 19.4 Å². The van der Waals surface area contributed by atoms with Gasteiger partial charge in [0.2, 0.25) is 0 Å². The van der Waals surface area contributed by atoms with Gasteiger partial charge in [-0.1, -0.05) is 18.2 Å². The van der Waals surface area contributed by atoms with Crippen molar-refractivity contribution in [1.29, 1.82) is 0 Å². The maximum Gasteiger partial charge on any atom is 0.0994 e. The molecule has 118 valence electrons. The van der Waals surface area contributed by atoms with Crippen LogP contribution in [0.15, 0.2) is 30.5 Å². The maximum atomic E-state index is 6.48. The molecule has 2 aromatic heterocycles. The zero-order valence-corrected chi connectivity index (χ0v) is 13.5. The Morgan fingerprint density at radius 1 is 1.22 bits per heavy atom. The molecule has 1 aliphatic rings. The van der Waals surface area contributed by atoms with Gasteiger partial charge in [-0.25, -0.2) is 0 Å². The summed E-state index contributed by atoms with van der Waals surface area (Å²) in [6.45, 7) is 4.69. The van der Waals surface area contributed by atoms with Gasteiger partial charge >= 0.3 is 0 Å². The Balaban J connectivity index is 1.90. The molecule has 0 atom stereocenters. The number of anilines is 1. The lowest BCUT2D eigenvalue weighted by atomic mass is 9.91. The van der Waals surface area contributed by atoms with Crippen molar-refractivity contribution >= 4 is 16.6 Å². The number of benzene rings is 1. The molecule has 4 N–H and O–H groups in total. The van der Waals surface area contributed by atoms with Gasteiger partial charge in [-0.3, -0.25) is 9.67 Å². The third-order valence-corrected chi connectivity index (χ3v) is 4.28. The Morgan fingerprint density at radius 3 is 2.78 bits per heavy atom. The molecule has 5 heteroatoms. The Hall–Kier alpha value is -2.40. The average Bonchev–Trinajstić information content (AvgIpc) is 2.87. The minimum absolute atomic E-state index is 0.301. The van der Waals surface area contributed by atoms with E-state index in [1.807, 2.05) is 42.8 Å². The van der Waals surface area contributed by atoms with Crippen molar-refractivity contribution in [3.05, 3.63) is 41.7 Å². The van der Waals surface area contributed by atoms with E-state index >= 15 is 0 Å². The zero-order valence-electron chi connectivity index (χ0n) is 13.5. The van der Waals surface area contributed by atoms with Gasteiger partial charge in [0.1, 0.15) is 0 Å². The molecular formula is C18H21N5. The summed E-state index contributed by atoms with van der Waals surface area (Å²) in [5.74, 6) is 0. The molecule has 1 aliphatic carbocycles. The van der Waals surface area contributed by atoms with Crippen LogP contribution in [0, 0.1) is 0 Å². The number of hydrogen-bond donors (Lipinski definition) is 2. The minimum atomic E-state index is -0.301. The Bertz CT molecular complexity index is 902. The molecular weight excluding hydrogens is 286 g/mol. The minimum Gasteiger partial charge on any atom is -0.398 e. The fourth-order valence-corrected chi connectivity index (χ4v) is 3.34. The number of para-hydroxylation sites is 1. The summed E-state index contributed by atoms with van der Waals surface area (Å²) in [4.78, 5) is 4.81. The van der Waals surface area contributed by atoms with Crippen molar-refractivity contribution in [2.24, 2.45) is 5.73 Å². The Kier molecular flexibility index (Phi) is 2.96. The van der Waals surface area contributed by atoms with Crippen molar-refractivity contribution in [3.8, 4) is 11.3 Å². The third kappa shape index (κ3) is 2.37. The molecule has 0 saturated carbocycles. The number of nitrogens with two attached hydrogens (primary N) is 2. The van der Waals surface area contributed by atoms with Crippen LogP contribution in [0.5, 0.6) is 0 Å². The normalized spacial score (nSPS) is 13.9. The monoisotopic (exact) mass is 307 g/mol. The second-order valence-corrected chi connectivity index (χ2v) is 7.05. The molecule has 0 unspecified atom stereocenters. The predicted molar refractivity (Wildman–Crippen MR) is 93.1 cm³/mol. The van der Waals surface area contributed by atoms with Crippen molar-refractivity contribution in [2.45, 2.75) is 38.8 Å². The first-order valence-corrected chi connectivity index (χ1v) is 7.95. The van der Waals surface area contributed by atoms with Gasteiger partial charge in [0.15, 0.2) is 0 Å².